The number of furan rings is 1. The predicted octanol–water partition coefficient (Wildman–Crippen LogP) is 17.2. The molecule has 0 amide bonds. The van der Waals surface area contributed by atoms with Crippen molar-refractivity contribution in [1.29, 1.82) is 0 Å². The molecule has 0 fully saturated rings. The normalized spacial score (nSPS) is 11.5. The highest BCUT2D eigenvalue weighted by molar-refractivity contribution is 6.26. The van der Waals surface area contributed by atoms with E-state index in [0.717, 1.165) is 50.1 Å². The Morgan fingerprint density at radius 1 is 0.274 bits per heavy atom. The van der Waals surface area contributed by atoms with Gasteiger partial charge in [-0.1, -0.05) is 188 Å². The Labute approximate surface area is 360 Å². The fourth-order valence-electron chi connectivity index (χ4n) is 9.45. The SMILES string of the molecule is c1ccc(-c2ccc(-c3ccc(N(c4ccc(-c5ccc6c7ccccc7c7ccccc7c6c5)cc4)c4ccc(-c5ccccc5)c5oc6ccccc6c45)cc3)cc2)cc1. The van der Waals surface area contributed by atoms with E-state index in [0.29, 0.717) is 0 Å². The number of hydrogen-bond acceptors (Lipinski definition) is 2. The summed E-state index contributed by atoms with van der Waals surface area (Å²) in [6.45, 7) is 0. The van der Waals surface area contributed by atoms with Gasteiger partial charge in [0.25, 0.3) is 0 Å². The summed E-state index contributed by atoms with van der Waals surface area (Å²) in [5.41, 5.74) is 14.2. The quantitative estimate of drug-likeness (QED) is 0.150. The second-order valence-corrected chi connectivity index (χ2v) is 16.0. The van der Waals surface area contributed by atoms with Gasteiger partial charge in [0, 0.05) is 22.3 Å². The first-order valence-electron chi connectivity index (χ1n) is 21.2. The van der Waals surface area contributed by atoms with Gasteiger partial charge in [-0.3, -0.25) is 0 Å². The molecule has 0 aliphatic carbocycles. The fourth-order valence-corrected chi connectivity index (χ4v) is 9.45. The molecule has 0 saturated heterocycles. The van der Waals surface area contributed by atoms with E-state index in [1.54, 1.807) is 0 Å². The van der Waals surface area contributed by atoms with Gasteiger partial charge in [-0.2, -0.15) is 0 Å². The molecule has 290 valence electrons. The third kappa shape index (κ3) is 6.04. The zero-order chi connectivity index (χ0) is 41.0. The minimum absolute atomic E-state index is 0.869. The van der Waals surface area contributed by atoms with Gasteiger partial charge in [-0.25, -0.2) is 0 Å². The van der Waals surface area contributed by atoms with E-state index in [-0.39, 0.29) is 0 Å². The summed E-state index contributed by atoms with van der Waals surface area (Å²) in [6, 6.07) is 85.3. The Bertz CT molecular complexity index is 3550. The molecule has 0 aliphatic heterocycles. The molecule has 12 aromatic rings. The number of para-hydroxylation sites is 1. The van der Waals surface area contributed by atoms with Crippen LogP contribution in [0, 0.1) is 0 Å². The lowest BCUT2D eigenvalue weighted by atomic mass is 9.92. The molecule has 0 N–H and O–H groups in total. The van der Waals surface area contributed by atoms with E-state index >= 15 is 0 Å². The van der Waals surface area contributed by atoms with Gasteiger partial charge in [0.1, 0.15) is 11.2 Å². The summed E-state index contributed by atoms with van der Waals surface area (Å²) in [5, 5.41) is 9.84. The summed E-state index contributed by atoms with van der Waals surface area (Å²) >= 11 is 0. The van der Waals surface area contributed by atoms with Crippen molar-refractivity contribution >= 4 is 71.3 Å². The van der Waals surface area contributed by atoms with Gasteiger partial charge < -0.3 is 9.32 Å². The van der Waals surface area contributed by atoms with E-state index in [1.165, 1.54) is 65.7 Å². The Hall–Kier alpha value is -8.20. The molecule has 0 saturated carbocycles. The topological polar surface area (TPSA) is 16.4 Å². The lowest BCUT2D eigenvalue weighted by molar-refractivity contribution is 0.670. The van der Waals surface area contributed by atoms with E-state index in [4.69, 9.17) is 4.42 Å². The van der Waals surface area contributed by atoms with Crippen molar-refractivity contribution in [2.24, 2.45) is 0 Å². The van der Waals surface area contributed by atoms with Crippen molar-refractivity contribution in [3.05, 3.63) is 237 Å². The lowest BCUT2D eigenvalue weighted by Crippen LogP contribution is -2.10. The molecule has 0 atom stereocenters. The maximum Gasteiger partial charge on any atom is 0.145 e. The van der Waals surface area contributed by atoms with E-state index in [2.05, 4.69) is 235 Å². The molecular weight excluding hydrogens is 751 g/mol. The average Bonchev–Trinajstić information content (AvgIpc) is 3.75. The Morgan fingerprint density at radius 2 is 0.677 bits per heavy atom. The van der Waals surface area contributed by atoms with E-state index in [9.17, 15) is 0 Å². The zero-order valence-electron chi connectivity index (χ0n) is 33.9. The van der Waals surface area contributed by atoms with Crippen LogP contribution in [0.2, 0.25) is 0 Å². The Balaban J connectivity index is 0.996. The summed E-state index contributed by atoms with van der Waals surface area (Å²) < 4.78 is 6.76. The van der Waals surface area contributed by atoms with Crippen LogP contribution in [0.3, 0.4) is 0 Å². The van der Waals surface area contributed by atoms with Crippen molar-refractivity contribution in [3.63, 3.8) is 0 Å². The molecule has 0 aliphatic rings. The molecule has 2 nitrogen and oxygen atoms in total. The second kappa shape index (κ2) is 14.8. The molecule has 1 aromatic heterocycles. The highest BCUT2D eigenvalue weighted by atomic mass is 16.3. The van der Waals surface area contributed by atoms with Crippen molar-refractivity contribution in [2.75, 3.05) is 4.90 Å². The molecule has 62 heavy (non-hydrogen) atoms. The maximum absolute atomic E-state index is 6.76. The highest BCUT2D eigenvalue weighted by Crippen LogP contribution is 2.47. The smallest absolute Gasteiger partial charge is 0.145 e. The van der Waals surface area contributed by atoms with Crippen LogP contribution < -0.4 is 4.90 Å². The van der Waals surface area contributed by atoms with Crippen molar-refractivity contribution in [2.45, 2.75) is 0 Å². The highest BCUT2D eigenvalue weighted by Gasteiger charge is 2.22. The minimum atomic E-state index is 0.869. The lowest BCUT2D eigenvalue weighted by Gasteiger charge is -2.27. The first kappa shape index (κ1) is 35.7. The summed E-state index contributed by atoms with van der Waals surface area (Å²) in [5.74, 6) is 0. The monoisotopic (exact) mass is 789 g/mol. The number of fused-ring (bicyclic) bond motifs is 9. The van der Waals surface area contributed by atoms with Crippen LogP contribution in [0.5, 0.6) is 0 Å². The largest absolute Gasteiger partial charge is 0.455 e. The molecule has 1 heterocycles. The number of anilines is 3. The molecule has 0 unspecified atom stereocenters. The van der Waals surface area contributed by atoms with E-state index in [1.807, 2.05) is 6.07 Å². The third-order valence-corrected chi connectivity index (χ3v) is 12.5. The van der Waals surface area contributed by atoms with Gasteiger partial charge in [0.15, 0.2) is 0 Å². The average molecular weight is 790 g/mol. The van der Waals surface area contributed by atoms with Crippen molar-refractivity contribution in [3.8, 4) is 44.5 Å². The number of nitrogens with zero attached hydrogens (tertiary/aromatic N) is 1. The van der Waals surface area contributed by atoms with Gasteiger partial charge >= 0.3 is 0 Å². The van der Waals surface area contributed by atoms with Gasteiger partial charge in [-0.15, -0.1) is 0 Å². The number of hydrogen-bond donors (Lipinski definition) is 0. The predicted molar refractivity (Wildman–Crippen MR) is 263 cm³/mol. The van der Waals surface area contributed by atoms with Crippen LogP contribution >= 0.6 is 0 Å². The van der Waals surface area contributed by atoms with Gasteiger partial charge in [0.2, 0.25) is 0 Å². The fraction of sp³-hybridized carbons (Fsp3) is 0. The van der Waals surface area contributed by atoms with Gasteiger partial charge in [0.05, 0.1) is 11.1 Å². The number of rotatable bonds is 7. The third-order valence-electron chi connectivity index (χ3n) is 12.5. The number of benzene rings is 11. The summed E-state index contributed by atoms with van der Waals surface area (Å²) in [4.78, 5) is 2.38. The van der Waals surface area contributed by atoms with Crippen LogP contribution in [0.15, 0.2) is 241 Å². The van der Waals surface area contributed by atoms with E-state index < -0.39 is 0 Å². The minimum Gasteiger partial charge on any atom is -0.455 e. The van der Waals surface area contributed by atoms with Gasteiger partial charge in [-0.05, 0) is 120 Å². The Morgan fingerprint density at radius 3 is 1.24 bits per heavy atom. The second-order valence-electron chi connectivity index (χ2n) is 16.0. The Kier molecular flexibility index (Phi) is 8.53. The molecule has 0 bridgehead atoms. The van der Waals surface area contributed by atoms with Crippen LogP contribution in [-0.4, -0.2) is 0 Å². The molecule has 2 heteroatoms. The molecule has 0 radical (unpaired) electrons. The van der Waals surface area contributed by atoms with Crippen LogP contribution in [0.25, 0.3) is 98.8 Å². The maximum atomic E-state index is 6.76. The molecule has 11 aromatic carbocycles. The first-order chi connectivity index (χ1) is 30.7. The zero-order valence-corrected chi connectivity index (χ0v) is 33.9. The summed E-state index contributed by atoms with van der Waals surface area (Å²) in [6.07, 6.45) is 0. The van der Waals surface area contributed by atoms with Crippen molar-refractivity contribution < 1.29 is 4.42 Å². The first-order valence-corrected chi connectivity index (χ1v) is 21.2. The molecular formula is C60H39NO. The van der Waals surface area contributed by atoms with Crippen molar-refractivity contribution in [1.82, 2.24) is 0 Å². The molecule has 0 spiro atoms. The van der Waals surface area contributed by atoms with Crippen LogP contribution in [0.4, 0.5) is 17.1 Å². The molecule has 12 rings (SSSR count). The standard InChI is InChI=1S/C60H39NO/c1-3-13-40(14-4-1)41-23-25-42(26-24-41)43-27-32-47(33-28-43)61(57-38-37-49(45-15-5-2-6-16-45)60-59(57)55-21-11-12-22-58(55)62-60)48-34-29-44(30-35-48)46-31-36-54-52-19-8-7-17-50(52)51-18-9-10-20-53(51)56(54)39-46/h1-39H. The summed E-state index contributed by atoms with van der Waals surface area (Å²) in [7, 11) is 0. The van der Waals surface area contributed by atoms with Crippen LogP contribution in [0.1, 0.15) is 0 Å². The van der Waals surface area contributed by atoms with Crippen LogP contribution in [-0.2, 0) is 0 Å².